The maximum absolute atomic E-state index is 11.6. The van der Waals surface area contributed by atoms with Gasteiger partial charge >= 0.3 is 5.97 Å². The van der Waals surface area contributed by atoms with Crippen LogP contribution >= 0.6 is 0 Å². The molecule has 0 amide bonds. The van der Waals surface area contributed by atoms with Crippen LogP contribution in [0.15, 0.2) is 11.6 Å². The first-order valence-corrected chi connectivity index (χ1v) is 7.97. The van der Waals surface area contributed by atoms with Crippen LogP contribution in [0.1, 0.15) is 47.0 Å². The smallest absolute Gasteiger partial charge is 0.302 e. The number of allylic oxidation sites excluding steroid dienone is 1. The Morgan fingerprint density at radius 2 is 2.14 bits per heavy atom. The summed E-state index contributed by atoms with van der Waals surface area (Å²) < 4.78 is 18.1. The third-order valence-electron chi connectivity index (χ3n) is 6.83. The van der Waals surface area contributed by atoms with Gasteiger partial charge in [-0.1, -0.05) is 25.5 Å². The van der Waals surface area contributed by atoms with E-state index in [1.54, 1.807) is 0 Å². The van der Waals surface area contributed by atoms with Crippen molar-refractivity contribution in [1.82, 2.24) is 0 Å². The molecule has 4 rings (SSSR count). The SMILES string of the molecule is CC(=O)O[C@@H]1C[C@H]2O[C@@H]3C=C(C)CC[C@]3(C)[C@]1(C)C21CO1. The minimum Gasteiger partial charge on any atom is -0.462 e. The third kappa shape index (κ3) is 1.45. The number of carbonyl (C=O) groups excluding carboxylic acids is 1. The molecule has 0 aromatic rings. The van der Waals surface area contributed by atoms with Gasteiger partial charge in [0.25, 0.3) is 0 Å². The van der Waals surface area contributed by atoms with Crippen LogP contribution in [-0.2, 0) is 19.0 Å². The zero-order chi connectivity index (χ0) is 15.0. The third-order valence-corrected chi connectivity index (χ3v) is 6.83. The van der Waals surface area contributed by atoms with Crippen LogP contribution in [0.4, 0.5) is 0 Å². The van der Waals surface area contributed by atoms with E-state index in [-0.39, 0.29) is 40.7 Å². The molecule has 2 aliphatic heterocycles. The van der Waals surface area contributed by atoms with E-state index in [1.165, 1.54) is 12.5 Å². The van der Waals surface area contributed by atoms with E-state index in [2.05, 4.69) is 26.8 Å². The predicted molar refractivity (Wildman–Crippen MR) is 76.7 cm³/mol. The van der Waals surface area contributed by atoms with Crippen LogP contribution in [0, 0.1) is 10.8 Å². The molecule has 116 valence electrons. The van der Waals surface area contributed by atoms with Crippen molar-refractivity contribution in [2.75, 3.05) is 6.61 Å². The van der Waals surface area contributed by atoms with Gasteiger partial charge in [-0.05, 0) is 19.8 Å². The molecule has 1 unspecified atom stereocenters. The summed E-state index contributed by atoms with van der Waals surface area (Å²) in [6.07, 6.45) is 5.23. The van der Waals surface area contributed by atoms with Gasteiger partial charge in [0.05, 0.1) is 18.8 Å². The second kappa shape index (κ2) is 3.90. The first-order chi connectivity index (χ1) is 9.83. The highest BCUT2D eigenvalue weighted by Gasteiger charge is 2.81. The van der Waals surface area contributed by atoms with Gasteiger partial charge in [-0.15, -0.1) is 0 Å². The lowest BCUT2D eigenvalue weighted by molar-refractivity contribution is -0.210. The van der Waals surface area contributed by atoms with Crippen molar-refractivity contribution in [3.05, 3.63) is 11.6 Å². The van der Waals surface area contributed by atoms with Gasteiger partial charge in [-0.25, -0.2) is 0 Å². The Balaban J connectivity index is 1.82. The first-order valence-electron chi connectivity index (χ1n) is 7.97. The molecule has 1 spiro atoms. The van der Waals surface area contributed by atoms with E-state index in [0.29, 0.717) is 0 Å². The summed E-state index contributed by atoms with van der Waals surface area (Å²) in [6, 6.07) is 0. The molecule has 6 atom stereocenters. The lowest BCUT2D eigenvalue weighted by Crippen LogP contribution is -2.63. The van der Waals surface area contributed by atoms with E-state index in [1.807, 2.05) is 0 Å². The lowest BCUT2D eigenvalue weighted by Gasteiger charge is -2.57. The number of hydrogen-bond acceptors (Lipinski definition) is 4. The Labute approximate surface area is 125 Å². The van der Waals surface area contributed by atoms with Gasteiger partial charge in [0.1, 0.15) is 11.7 Å². The molecule has 1 saturated carbocycles. The van der Waals surface area contributed by atoms with Crippen molar-refractivity contribution < 1.29 is 19.0 Å². The average molecular weight is 292 g/mol. The quantitative estimate of drug-likeness (QED) is 0.423. The van der Waals surface area contributed by atoms with Crippen molar-refractivity contribution in [3.8, 4) is 0 Å². The second-order valence-corrected chi connectivity index (χ2v) is 7.69. The molecule has 0 aromatic carbocycles. The molecular formula is C17H24O4. The fourth-order valence-corrected chi connectivity index (χ4v) is 5.22. The minimum absolute atomic E-state index is 0.0455. The highest BCUT2D eigenvalue weighted by atomic mass is 16.6. The van der Waals surface area contributed by atoms with Gasteiger partial charge in [-0.2, -0.15) is 0 Å². The number of esters is 1. The average Bonchev–Trinajstić information content (AvgIpc) is 3.16. The van der Waals surface area contributed by atoms with Gasteiger partial charge < -0.3 is 14.2 Å². The molecule has 0 aromatic heterocycles. The van der Waals surface area contributed by atoms with Crippen LogP contribution < -0.4 is 0 Å². The molecule has 4 nitrogen and oxygen atoms in total. The molecule has 2 saturated heterocycles. The zero-order valence-corrected chi connectivity index (χ0v) is 13.3. The molecule has 21 heavy (non-hydrogen) atoms. The Bertz CT molecular complexity index is 535. The summed E-state index contributed by atoms with van der Waals surface area (Å²) >= 11 is 0. The van der Waals surface area contributed by atoms with Crippen molar-refractivity contribution in [1.29, 1.82) is 0 Å². The van der Waals surface area contributed by atoms with E-state index in [4.69, 9.17) is 14.2 Å². The molecule has 0 N–H and O–H groups in total. The number of epoxide rings is 1. The lowest BCUT2D eigenvalue weighted by atomic mass is 9.52. The normalized spacial score (nSPS) is 54.1. The number of ether oxygens (including phenoxy) is 3. The van der Waals surface area contributed by atoms with Crippen molar-refractivity contribution >= 4 is 5.97 Å². The van der Waals surface area contributed by atoms with E-state index in [9.17, 15) is 4.79 Å². The summed E-state index contributed by atoms with van der Waals surface area (Å²) in [5.74, 6) is -0.202. The molecule has 2 aliphatic carbocycles. The molecule has 4 aliphatic rings. The monoisotopic (exact) mass is 292 g/mol. The molecular weight excluding hydrogens is 268 g/mol. The van der Waals surface area contributed by atoms with Gasteiger partial charge in [0.15, 0.2) is 0 Å². The second-order valence-electron chi connectivity index (χ2n) is 7.69. The standard InChI is InChI=1S/C17H24O4/c1-10-5-6-15(3)12(7-10)21-14-8-13(20-11(2)18)16(15,4)17(14)9-19-17/h7,12-14H,5-6,8-9H2,1-4H3/t12-,13-,14-,15+,16-,17?/m1/s1. The summed E-state index contributed by atoms with van der Waals surface area (Å²) in [5.41, 5.74) is 0.946. The Hall–Kier alpha value is -0.870. The summed E-state index contributed by atoms with van der Waals surface area (Å²) in [7, 11) is 0. The first kappa shape index (κ1) is 13.8. The fraction of sp³-hybridized carbons (Fsp3) is 0.824. The fourth-order valence-electron chi connectivity index (χ4n) is 5.22. The number of carbonyl (C=O) groups is 1. The van der Waals surface area contributed by atoms with Crippen LogP contribution in [0.2, 0.25) is 0 Å². The maximum Gasteiger partial charge on any atom is 0.302 e. The molecule has 2 bridgehead atoms. The van der Waals surface area contributed by atoms with Crippen LogP contribution in [0.5, 0.6) is 0 Å². The van der Waals surface area contributed by atoms with E-state index < -0.39 is 0 Å². The number of hydrogen-bond donors (Lipinski definition) is 0. The van der Waals surface area contributed by atoms with Gasteiger partial charge in [0, 0.05) is 24.2 Å². The van der Waals surface area contributed by atoms with Crippen molar-refractivity contribution in [3.63, 3.8) is 0 Å². The topological polar surface area (TPSA) is 48.1 Å². The molecule has 4 heteroatoms. The minimum atomic E-state index is -0.239. The van der Waals surface area contributed by atoms with Crippen LogP contribution in [0.3, 0.4) is 0 Å². The van der Waals surface area contributed by atoms with E-state index >= 15 is 0 Å². The summed E-state index contributed by atoms with van der Waals surface area (Å²) in [5, 5.41) is 0. The highest BCUT2D eigenvalue weighted by Crippen LogP contribution is 2.71. The van der Waals surface area contributed by atoms with Crippen LogP contribution in [-0.4, -0.2) is 36.5 Å². The van der Waals surface area contributed by atoms with Crippen molar-refractivity contribution in [2.45, 2.75) is 70.9 Å². The van der Waals surface area contributed by atoms with Crippen molar-refractivity contribution in [2.24, 2.45) is 10.8 Å². The molecule has 0 radical (unpaired) electrons. The largest absolute Gasteiger partial charge is 0.462 e. The van der Waals surface area contributed by atoms with Gasteiger partial charge in [0.2, 0.25) is 0 Å². The Morgan fingerprint density at radius 3 is 2.76 bits per heavy atom. The summed E-state index contributed by atoms with van der Waals surface area (Å²) in [6.45, 7) is 8.96. The van der Waals surface area contributed by atoms with E-state index in [0.717, 1.165) is 25.9 Å². The van der Waals surface area contributed by atoms with Gasteiger partial charge in [-0.3, -0.25) is 4.79 Å². The molecule has 2 heterocycles. The predicted octanol–water partition coefficient (Wildman–Crippen LogP) is 2.61. The highest BCUT2D eigenvalue weighted by molar-refractivity contribution is 5.66. The number of rotatable bonds is 1. The molecule has 3 fully saturated rings. The summed E-state index contributed by atoms with van der Waals surface area (Å²) in [4.78, 5) is 11.6. The zero-order valence-electron chi connectivity index (χ0n) is 13.3. The Kier molecular flexibility index (Phi) is 2.56. The Morgan fingerprint density at radius 1 is 1.43 bits per heavy atom. The maximum atomic E-state index is 11.6. The number of fused-ring (bicyclic) bond motifs is 2. The van der Waals surface area contributed by atoms with Crippen LogP contribution in [0.25, 0.3) is 0 Å².